The number of hydrogen-bond donors (Lipinski definition) is 3. The second-order valence-electron chi connectivity index (χ2n) is 34.7. The molecule has 113 heavy (non-hydrogen) atoms. The van der Waals surface area contributed by atoms with E-state index in [0.29, 0.717) is 31.6 Å². The Morgan fingerprint density at radius 2 is 0.407 bits per heavy atom. The number of aliphatic hydroxyl groups is 1. The lowest BCUT2D eigenvalue weighted by Gasteiger charge is -2.21. The van der Waals surface area contributed by atoms with Gasteiger partial charge in [-0.15, -0.1) is 0 Å². The van der Waals surface area contributed by atoms with Gasteiger partial charge in [0, 0.05) is 25.7 Å². The van der Waals surface area contributed by atoms with Gasteiger partial charge in [0.05, 0.1) is 26.4 Å². The number of phosphoric acid groups is 2. The van der Waals surface area contributed by atoms with Crippen molar-refractivity contribution in [3.8, 4) is 0 Å². The van der Waals surface area contributed by atoms with E-state index >= 15 is 0 Å². The number of esters is 4. The maximum absolute atomic E-state index is 13.2. The Hall–Kier alpha value is -1.94. The minimum absolute atomic E-state index is 0.108. The first-order chi connectivity index (χ1) is 54.9. The Morgan fingerprint density at radius 1 is 0.239 bits per heavy atom. The van der Waals surface area contributed by atoms with Crippen LogP contribution in [0, 0.1) is 11.8 Å². The molecule has 17 nitrogen and oxygen atoms in total. The van der Waals surface area contributed by atoms with Gasteiger partial charge in [0.25, 0.3) is 0 Å². The van der Waals surface area contributed by atoms with Crippen LogP contribution in [0.4, 0.5) is 0 Å². The highest BCUT2D eigenvalue weighted by atomic mass is 31.2. The molecule has 0 rings (SSSR count). The third-order valence-corrected chi connectivity index (χ3v) is 24.1. The number of carbonyl (C=O) groups excluding carboxylic acids is 4. The van der Waals surface area contributed by atoms with Gasteiger partial charge in [0.1, 0.15) is 19.3 Å². The summed E-state index contributed by atoms with van der Waals surface area (Å²) in [6, 6.07) is 0. The molecule has 19 heteroatoms. The van der Waals surface area contributed by atoms with E-state index in [9.17, 15) is 43.2 Å². The molecule has 0 aromatic heterocycles. The molecule has 5 atom stereocenters. The smallest absolute Gasteiger partial charge is 0.462 e. The summed E-state index contributed by atoms with van der Waals surface area (Å²) in [5.41, 5.74) is 0. The molecule has 0 spiro atoms. The number of carbonyl (C=O) groups is 4. The fraction of sp³-hybridized carbons (Fsp3) is 0.957. The van der Waals surface area contributed by atoms with Crippen LogP contribution in [0.25, 0.3) is 0 Å². The Balaban J connectivity index is 5.18. The monoisotopic (exact) mass is 1650 g/mol. The van der Waals surface area contributed by atoms with Crippen LogP contribution < -0.4 is 0 Å². The summed E-state index contributed by atoms with van der Waals surface area (Å²) in [4.78, 5) is 73.4. The van der Waals surface area contributed by atoms with Gasteiger partial charge in [-0.25, -0.2) is 9.13 Å². The Labute approximate surface area is 696 Å². The Bertz CT molecular complexity index is 2150. The quantitative estimate of drug-likeness (QED) is 0.0222. The average Bonchev–Trinajstić information content (AvgIpc) is 0.899. The molecule has 0 aromatic carbocycles. The minimum Gasteiger partial charge on any atom is -0.462 e. The van der Waals surface area contributed by atoms with Crippen molar-refractivity contribution in [3.05, 3.63) is 0 Å². The number of ether oxygens (including phenoxy) is 4. The molecule has 0 aromatic rings. The van der Waals surface area contributed by atoms with Crippen molar-refractivity contribution < 1.29 is 80.2 Å². The van der Waals surface area contributed by atoms with E-state index in [1.54, 1.807) is 0 Å². The molecule has 0 aliphatic carbocycles. The van der Waals surface area contributed by atoms with Crippen LogP contribution in [0.15, 0.2) is 0 Å². The minimum atomic E-state index is -4.97. The van der Waals surface area contributed by atoms with E-state index in [0.717, 1.165) is 102 Å². The van der Waals surface area contributed by atoms with Crippen LogP contribution in [-0.4, -0.2) is 96.7 Å². The lowest BCUT2D eigenvalue weighted by molar-refractivity contribution is -0.161. The molecule has 0 aliphatic rings. The lowest BCUT2D eigenvalue weighted by atomic mass is 10.0. The number of aliphatic hydroxyl groups excluding tert-OH is 1. The maximum Gasteiger partial charge on any atom is 0.472 e. The third-order valence-electron chi connectivity index (χ3n) is 22.2. The van der Waals surface area contributed by atoms with Crippen LogP contribution in [0.2, 0.25) is 0 Å². The second-order valence-corrected chi connectivity index (χ2v) is 37.6. The highest BCUT2D eigenvalue weighted by Gasteiger charge is 2.31. The summed E-state index contributed by atoms with van der Waals surface area (Å²) in [6.07, 6.45) is 81.1. The van der Waals surface area contributed by atoms with Crippen LogP contribution >= 0.6 is 15.6 Å². The van der Waals surface area contributed by atoms with E-state index in [2.05, 4.69) is 41.5 Å². The normalized spacial score (nSPS) is 13.7. The summed E-state index contributed by atoms with van der Waals surface area (Å²) in [5.74, 6) is -0.595. The van der Waals surface area contributed by atoms with Gasteiger partial charge in [0.15, 0.2) is 12.2 Å². The molecule has 0 heterocycles. The SMILES string of the molecule is CCCCCCCCCCCCCCCCCCCCCCCCC(=O)O[C@H](COC(=O)CCCCCCCCCCCCCCCCCCCCC(C)C)COP(=O)(O)OC[C@@H](O)COP(=O)(O)OC[C@@H](COC(=O)CCCCCCCCC(C)C)OC(=O)CCCCCCCCCCCCCCCCCCCCCCC. The fourth-order valence-electron chi connectivity index (χ4n) is 14.8. The van der Waals surface area contributed by atoms with Gasteiger partial charge >= 0.3 is 39.5 Å². The molecule has 0 amide bonds. The summed E-state index contributed by atoms with van der Waals surface area (Å²) in [5, 5.41) is 10.7. The summed E-state index contributed by atoms with van der Waals surface area (Å²) in [6.45, 7) is 9.67. The van der Waals surface area contributed by atoms with Crippen LogP contribution in [-0.2, 0) is 65.4 Å². The molecule has 0 radical (unpaired) electrons. The van der Waals surface area contributed by atoms with Crippen molar-refractivity contribution in [1.82, 2.24) is 0 Å². The summed E-state index contributed by atoms with van der Waals surface area (Å²) < 4.78 is 69.1. The molecule has 0 fully saturated rings. The van der Waals surface area contributed by atoms with Gasteiger partial charge in [0.2, 0.25) is 0 Å². The van der Waals surface area contributed by atoms with Crippen molar-refractivity contribution in [2.45, 2.75) is 529 Å². The van der Waals surface area contributed by atoms with Crippen molar-refractivity contribution in [3.63, 3.8) is 0 Å². The molecular weight excluding hydrogens is 1460 g/mol. The highest BCUT2D eigenvalue weighted by Crippen LogP contribution is 2.45. The van der Waals surface area contributed by atoms with E-state index in [1.165, 1.54) is 321 Å². The predicted molar refractivity (Wildman–Crippen MR) is 469 cm³/mol. The van der Waals surface area contributed by atoms with E-state index in [4.69, 9.17) is 37.0 Å². The Morgan fingerprint density at radius 3 is 0.602 bits per heavy atom. The van der Waals surface area contributed by atoms with Crippen molar-refractivity contribution in [2.75, 3.05) is 39.6 Å². The first kappa shape index (κ1) is 111. The number of rotatable bonds is 93. The van der Waals surface area contributed by atoms with Crippen molar-refractivity contribution >= 4 is 39.5 Å². The van der Waals surface area contributed by atoms with Gasteiger partial charge in [-0.3, -0.25) is 37.3 Å². The molecule has 672 valence electrons. The van der Waals surface area contributed by atoms with Crippen LogP contribution in [0.5, 0.6) is 0 Å². The summed E-state index contributed by atoms with van der Waals surface area (Å²) in [7, 11) is -9.94. The molecule has 2 unspecified atom stereocenters. The molecule has 0 aliphatic heterocycles. The molecule has 0 saturated carbocycles. The molecule has 3 N–H and O–H groups in total. The second kappa shape index (κ2) is 85.1. The topological polar surface area (TPSA) is 237 Å². The van der Waals surface area contributed by atoms with Crippen molar-refractivity contribution in [1.29, 1.82) is 0 Å². The highest BCUT2D eigenvalue weighted by molar-refractivity contribution is 7.47. The average molecular weight is 1650 g/mol. The zero-order valence-corrected chi connectivity index (χ0v) is 76.5. The standard InChI is InChI=1S/C94H184O17P2/c1-7-9-11-13-15-17-19-21-23-25-27-29-31-33-39-43-47-51-55-58-66-72-78-93(98)110-89(82-104-91(96)76-70-64-57-53-49-45-41-37-35-34-36-40-44-48-52-56-62-68-74-86(3)4)84-108-112(100,101)106-80-88(95)81-107-113(102,103)109-85-90(83-105-92(97)77-71-65-61-60-63-69-75-87(5)6)111-94(99)79-73-67-59-54-50-46-42-38-32-30-28-26-24-22-20-18-16-14-12-10-8-2/h86-90,95H,7-85H2,1-6H3,(H,100,101)(H,102,103)/t88-,89-,90-/m1/s1. The predicted octanol–water partition coefficient (Wildman–Crippen LogP) is 29.4. The molecule has 0 saturated heterocycles. The van der Waals surface area contributed by atoms with Crippen LogP contribution in [0.1, 0.15) is 510 Å². The van der Waals surface area contributed by atoms with Gasteiger partial charge in [-0.05, 0) is 37.5 Å². The van der Waals surface area contributed by atoms with E-state index in [1.807, 2.05) is 0 Å². The molecule has 0 bridgehead atoms. The largest absolute Gasteiger partial charge is 0.472 e. The first-order valence-electron chi connectivity index (χ1n) is 48.5. The van der Waals surface area contributed by atoms with E-state index < -0.39 is 97.5 Å². The summed E-state index contributed by atoms with van der Waals surface area (Å²) >= 11 is 0. The van der Waals surface area contributed by atoms with Gasteiger partial charge in [-0.1, -0.05) is 459 Å². The lowest BCUT2D eigenvalue weighted by Crippen LogP contribution is -2.30. The maximum atomic E-state index is 13.2. The van der Waals surface area contributed by atoms with Gasteiger partial charge in [-0.2, -0.15) is 0 Å². The zero-order chi connectivity index (χ0) is 82.7. The fourth-order valence-corrected chi connectivity index (χ4v) is 16.4. The van der Waals surface area contributed by atoms with Crippen molar-refractivity contribution in [2.24, 2.45) is 11.8 Å². The first-order valence-corrected chi connectivity index (χ1v) is 51.5. The zero-order valence-electron chi connectivity index (χ0n) is 74.7. The van der Waals surface area contributed by atoms with E-state index in [-0.39, 0.29) is 25.7 Å². The van der Waals surface area contributed by atoms with Gasteiger partial charge < -0.3 is 33.8 Å². The van der Waals surface area contributed by atoms with Crippen LogP contribution in [0.3, 0.4) is 0 Å². The number of unbranched alkanes of at least 4 members (excludes halogenated alkanes) is 63. The molecular formula is C94H184O17P2. The number of hydrogen-bond acceptors (Lipinski definition) is 15. The third kappa shape index (κ3) is 87.7. The number of phosphoric ester groups is 2. The Kier molecular flexibility index (Phi) is 83.6.